The third-order valence-corrected chi connectivity index (χ3v) is 5.92. The van der Waals surface area contributed by atoms with Crippen LogP contribution in [0.15, 0.2) is 59.7 Å². The van der Waals surface area contributed by atoms with Gasteiger partial charge in [-0.1, -0.05) is 12.1 Å². The van der Waals surface area contributed by atoms with E-state index in [2.05, 4.69) is 48.9 Å². The number of hydrogen-bond acceptors (Lipinski definition) is 7. The smallest absolute Gasteiger partial charge is 0.225 e. The van der Waals surface area contributed by atoms with Crippen molar-refractivity contribution in [2.24, 2.45) is 7.05 Å². The fraction of sp³-hybridized carbons (Fsp3) is 0.304. The van der Waals surface area contributed by atoms with Gasteiger partial charge in [0.25, 0.3) is 0 Å². The molecule has 1 aromatic carbocycles. The largest absolute Gasteiger partial charge is 0.445 e. The third kappa shape index (κ3) is 3.94. The highest BCUT2D eigenvalue weighted by molar-refractivity contribution is 5.73. The van der Waals surface area contributed by atoms with E-state index >= 15 is 0 Å². The molecule has 4 aromatic rings. The summed E-state index contributed by atoms with van der Waals surface area (Å²) in [5.41, 5.74) is 5.40. The van der Waals surface area contributed by atoms with Gasteiger partial charge in [-0.05, 0) is 19.1 Å². The molecule has 0 radical (unpaired) electrons. The van der Waals surface area contributed by atoms with Gasteiger partial charge >= 0.3 is 0 Å². The zero-order valence-corrected chi connectivity index (χ0v) is 17.8. The second-order valence-electron chi connectivity index (χ2n) is 7.79. The Balaban J connectivity index is 1.30. The first kappa shape index (κ1) is 19.4. The number of piperazine rings is 1. The summed E-state index contributed by atoms with van der Waals surface area (Å²) >= 11 is 0. The Morgan fingerprint density at radius 2 is 1.65 bits per heavy atom. The zero-order chi connectivity index (χ0) is 21.2. The normalized spacial score (nSPS) is 14.8. The molecule has 0 bridgehead atoms. The molecule has 1 aliphatic heterocycles. The molecular weight excluding hydrogens is 390 g/mol. The molecule has 0 atom stereocenters. The van der Waals surface area contributed by atoms with Crippen LogP contribution in [-0.4, -0.2) is 55.8 Å². The molecular formula is C23H25N7O. The fourth-order valence-corrected chi connectivity index (χ4v) is 3.96. The highest BCUT2D eigenvalue weighted by atomic mass is 16.3. The number of aryl methyl sites for hydroxylation is 1. The molecule has 0 saturated carbocycles. The van der Waals surface area contributed by atoms with Crippen molar-refractivity contribution in [3.63, 3.8) is 0 Å². The van der Waals surface area contributed by atoms with Crippen molar-refractivity contribution in [2.45, 2.75) is 13.5 Å². The summed E-state index contributed by atoms with van der Waals surface area (Å²) in [5, 5.41) is 4.36. The lowest BCUT2D eigenvalue weighted by atomic mass is 10.1. The molecule has 1 fully saturated rings. The maximum absolute atomic E-state index is 5.39. The van der Waals surface area contributed by atoms with Crippen molar-refractivity contribution >= 4 is 5.82 Å². The maximum Gasteiger partial charge on any atom is 0.225 e. The minimum Gasteiger partial charge on any atom is -0.445 e. The van der Waals surface area contributed by atoms with E-state index in [1.165, 1.54) is 11.3 Å². The van der Waals surface area contributed by atoms with E-state index in [4.69, 9.17) is 4.42 Å². The van der Waals surface area contributed by atoms with Gasteiger partial charge in [-0.3, -0.25) is 14.6 Å². The molecule has 8 heteroatoms. The molecule has 0 spiro atoms. The highest BCUT2D eigenvalue weighted by Crippen LogP contribution is 2.29. The average Bonchev–Trinajstić information content (AvgIpc) is 3.46. The summed E-state index contributed by atoms with van der Waals surface area (Å²) in [6, 6.07) is 8.12. The van der Waals surface area contributed by atoms with Crippen molar-refractivity contribution in [2.75, 3.05) is 31.1 Å². The molecule has 0 aliphatic carbocycles. The van der Waals surface area contributed by atoms with Crippen molar-refractivity contribution in [3.8, 4) is 22.7 Å². The molecule has 0 amide bonds. The van der Waals surface area contributed by atoms with E-state index in [0.29, 0.717) is 5.89 Å². The SMILES string of the molecule is Cc1c(CN2CCN(c3nccnc3-c3ccc(-c4ncco4)cc3)CC2)cnn1C. The summed E-state index contributed by atoms with van der Waals surface area (Å²) in [6.45, 7) is 6.85. The minimum absolute atomic E-state index is 0.617. The van der Waals surface area contributed by atoms with Crippen LogP contribution >= 0.6 is 0 Å². The Bertz CT molecular complexity index is 1140. The molecule has 0 unspecified atom stereocenters. The second kappa shape index (κ2) is 8.31. The van der Waals surface area contributed by atoms with E-state index in [9.17, 15) is 0 Å². The predicted octanol–water partition coefficient (Wildman–Crippen LogP) is 3.16. The Kier molecular flexibility index (Phi) is 5.21. The van der Waals surface area contributed by atoms with Crippen LogP contribution in [0.1, 0.15) is 11.3 Å². The van der Waals surface area contributed by atoms with Gasteiger partial charge in [0.2, 0.25) is 5.89 Å². The first-order chi connectivity index (χ1) is 15.2. The number of hydrogen-bond donors (Lipinski definition) is 0. The first-order valence-electron chi connectivity index (χ1n) is 10.4. The molecule has 1 saturated heterocycles. The summed E-state index contributed by atoms with van der Waals surface area (Å²) in [4.78, 5) is 18.3. The number of aromatic nitrogens is 5. The van der Waals surface area contributed by atoms with Gasteiger partial charge in [-0.25, -0.2) is 9.97 Å². The molecule has 158 valence electrons. The summed E-state index contributed by atoms with van der Waals surface area (Å²) in [7, 11) is 1.99. The zero-order valence-electron chi connectivity index (χ0n) is 17.8. The Morgan fingerprint density at radius 3 is 2.32 bits per heavy atom. The standard InChI is InChI=1S/C23H25N7O/c1-17-20(15-27-28(17)2)16-29-10-12-30(13-11-29)22-21(24-7-8-25-22)18-3-5-19(6-4-18)23-26-9-14-31-23/h3-9,14-15H,10-13,16H2,1-2H3. The van der Waals surface area contributed by atoms with Gasteiger partial charge in [0.05, 0.1) is 12.4 Å². The van der Waals surface area contributed by atoms with E-state index < -0.39 is 0 Å². The molecule has 0 N–H and O–H groups in total. The van der Waals surface area contributed by atoms with Crippen molar-refractivity contribution in [1.82, 2.24) is 29.6 Å². The van der Waals surface area contributed by atoms with Crippen LogP contribution in [0.25, 0.3) is 22.7 Å². The van der Waals surface area contributed by atoms with E-state index in [1.807, 2.05) is 30.1 Å². The number of rotatable bonds is 5. The van der Waals surface area contributed by atoms with Crippen LogP contribution in [0.3, 0.4) is 0 Å². The van der Waals surface area contributed by atoms with Gasteiger partial charge < -0.3 is 9.32 Å². The molecule has 3 aromatic heterocycles. The lowest BCUT2D eigenvalue weighted by Crippen LogP contribution is -2.46. The number of oxazole rings is 1. The fourth-order valence-electron chi connectivity index (χ4n) is 3.96. The topological polar surface area (TPSA) is 76.1 Å². The molecule has 8 nitrogen and oxygen atoms in total. The van der Waals surface area contributed by atoms with Crippen LogP contribution in [0.2, 0.25) is 0 Å². The monoisotopic (exact) mass is 415 g/mol. The van der Waals surface area contributed by atoms with Crippen molar-refractivity contribution in [3.05, 3.63) is 66.6 Å². The second-order valence-corrected chi connectivity index (χ2v) is 7.79. The lowest BCUT2D eigenvalue weighted by molar-refractivity contribution is 0.249. The van der Waals surface area contributed by atoms with Gasteiger partial charge in [-0.2, -0.15) is 5.10 Å². The third-order valence-electron chi connectivity index (χ3n) is 5.92. The first-order valence-corrected chi connectivity index (χ1v) is 10.4. The van der Waals surface area contributed by atoms with E-state index in [1.54, 1.807) is 24.9 Å². The van der Waals surface area contributed by atoms with Crippen molar-refractivity contribution in [1.29, 1.82) is 0 Å². The maximum atomic E-state index is 5.39. The highest BCUT2D eigenvalue weighted by Gasteiger charge is 2.22. The summed E-state index contributed by atoms with van der Waals surface area (Å²) in [6.07, 6.45) is 8.73. The van der Waals surface area contributed by atoms with Crippen LogP contribution < -0.4 is 4.90 Å². The van der Waals surface area contributed by atoms with Gasteiger partial charge in [0.1, 0.15) is 12.0 Å². The number of anilines is 1. The Hall–Kier alpha value is -3.52. The minimum atomic E-state index is 0.617. The Morgan fingerprint density at radius 1 is 0.903 bits per heavy atom. The van der Waals surface area contributed by atoms with Gasteiger partial charge in [0, 0.05) is 74.5 Å². The molecule has 5 rings (SSSR count). The predicted molar refractivity (Wildman–Crippen MR) is 118 cm³/mol. The Labute approximate surface area is 181 Å². The van der Waals surface area contributed by atoms with Gasteiger partial charge in [-0.15, -0.1) is 0 Å². The van der Waals surface area contributed by atoms with E-state index in [-0.39, 0.29) is 0 Å². The van der Waals surface area contributed by atoms with Crippen molar-refractivity contribution < 1.29 is 4.42 Å². The number of benzene rings is 1. The molecule has 4 heterocycles. The van der Waals surface area contributed by atoms with Crippen LogP contribution in [0.4, 0.5) is 5.82 Å². The quantitative estimate of drug-likeness (QED) is 0.495. The molecule has 1 aliphatic rings. The van der Waals surface area contributed by atoms with Crippen LogP contribution in [0, 0.1) is 6.92 Å². The summed E-state index contributed by atoms with van der Waals surface area (Å²) in [5.74, 6) is 1.55. The number of nitrogens with zero attached hydrogens (tertiary/aromatic N) is 7. The van der Waals surface area contributed by atoms with Gasteiger partial charge in [0.15, 0.2) is 5.82 Å². The average molecular weight is 416 g/mol. The lowest BCUT2D eigenvalue weighted by Gasteiger charge is -2.35. The summed E-state index contributed by atoms with van der Waals surface area (Å²) < 4.78 is 7.32. The van der Waals surface area contributed by atoms with E-state index in [0.717, 1.165) is 55.4 Å². The van der Waals surface area contributed by atoms with Crippen LogP contribution in [-0.2, 0) is 13.6 Å². The van der Waals surface area contributed by atoms with Crippen LogP contribution in [0.5, 0.6) is 0 Å². The molecule has 31 heavy (non-hydrogen) atoms.